The topological polar surface area (TPSA) is 69.0 Å². The molecule has 7 heteroatoms. The minimum Gasteiger partial charge on any atom is -0.494 e. The predicted molar refractivity (Wildman–Crippen MR) is 127 cm³/mol. The van der Waals surface area contributed by atoms with Crippen molar-refractivity contribution in [3.63, 3.8) is 0 Å². The zero-order valence-electron chi connectivity index (χ0n) is 18.0. The van der Waals surface area contributed by atoms with Gasteiger partial charge in [-0.15, -0.1) is 0 Å². The van der Waals surface area contributed by atoms with Crippen LogP contribution in [0.3, 0.4) is 0 Å². The van der Waals surface area contributed by atoms with E-state index in [-0.39, 0.29) is 18.3 Å². The number of aromatic nitrogens is 3. The second kappa shape index (κ2) is 8.70. The molecule has 0 bridgehead atoms. The second-order valence-electron chi connectivity index (χ2n) is 7.56. The van der Waals surface area contributed by atoms with Gasteiger partial charge in [0.25, 0.3) is 0 Å². The maximum atomic E-state index is 13.2. The van der Waals surface area contributed by atoms with Crippen molar-refractivity contribution >= 4 is 33.4 Å². The molecule has 33 heavy (non-hydrogen) atoms. The van der Waals surface area contributed by atoms with Gasteiger partial charge in [-0.05, 0) is 61.5 Å². The van der Waals surface area contributed by atoms with E-state index >= 15 is 0 Å². The van der Waals surface area contributed by atoms with Crippen molar-refractivity contribution in [3.8, 4) is 17.0 Å². The number of carbonyl (C=O) groups excluding carboxylic acids is 1. The first-order valence-corrected chi connectivity index (χ1v) is 10.7. The molecule has 1 amide bonds. The molecule has 0 unspecified atom stereocenters. The molecule has 3 aromatic carbocycles. The van der Waals surface area contributed by atoms with E-state index in [0.29, 0.717) is 12.3 Å². The van der Waals surface area contributed by atoms with Crippen molar-refractivity contribution in [3.05, 3.63) is 84.8 Å². The van der Waals surface area contributed by atoms with Gasteiger partial charge >= 0.3 is 0 Å². The van der Waals surface area contributed by atoms with Gasteiger partial charge in [-0.2, -0.15) is 5.10 Å². The molecule has 0 spiro atoms. The van der Waals surface area contributed by atoms with Crippen molar-refractivity contribution in [1.82, 2.24) is 14.8 Å². The zero-order chi connectivity index (χ0) is 22.8. The number of anilines is 1. The molecule has 5 aromatic rings. The summed E-state index contributed by atoms with van der Waals surface area (Å²) < 4.78 is 20.4. The van der Waals surface area contributed by atoms with Crippen molar-refractivity contribution in [1.29, 1.82) is 0 Å². The highest BCUT2D eigenvalue weighted by atomic mass is 19.1. The minimum atomic E-state index is -0.356. The number of hydrogen-bond donors (Lipinski definition) is 1. The van der Waals surface area contributed by atoms with E-state index in [9.17, 15) is 9.18 Å². The SMILES string of the molecule is CCOc1ccc(-c2nn(CC(=O)Nc3ccc(F)cc3)c3c2cnc2ccccc23)cc1. The largest absolute Gasteiger partial charge is 0.494 e. The Labute approximate surface area is 189 Å². The van der Waals surface area contributed by atoms with Crippen LogP contribution in [0.15, 0.2) is 79.0 Å². The number of para-hydroxylation sites is 1. The average Bonchev–Trinajstić information content (AvgIpc) is 3.20. The van der Waals surface area contributed by atoms with Gasteiger partial charge in [-0.1, -0.05) is 18.2 Å². The van der Waals surface area contributed by atoms with Crippen LogP contribution in [0.5, 0.6) is 5.75 Å². The Morgan fingerprint density at radius 2 is 1.76 bits per heavy atom. The molecule has 0 atom stereocenters. The van der Waals surface area contributed by atoms with Crippen molar-refractivity contribution in [2.75, 3.05) is 11.9 Å². The van der Waals surface area contributed by atoms with E-state index in [2.05, 4.69) is 10.3 Å². The van der Waals surface area contributed by atoms with E-state index < -0.39 is 0 Å². The first-order valence-electron chi connectivity index (χ1n) is 10.7. The smallest absolute Gasteiger partial charge is 0.246 e. The van der Waals surface area contributed by atoms with Gasteiger partial charge in [0, 0.05) is 28.2 Å². The lowest BCUT2D eigenvalue weighted by Gasteiger charge is -2.07. The van der Waals surface area contributed by atoms with Crippen LogP contribution in [-0.2, 0) is 11.3 Å². The number of nitrogens with zero attached hydrogens (tertiary/aromatic N) is 3. The molecule has 164 valence electrons. The van der Waals surface area contributed by atoms with Gasteiger partial charge < -0.3 is 10.1 Å². The first-order chi connectivity index (χ1) is 16.1. The van der Waals surface area contributed by atoms with Crippen molar-refractivity contribution in [2.45, 2.75) is 13.5 Å². The highest BCUT2D eigenvalue weighted by molar-refractivity contribution is 6.08. The normalized spacial score (nSPS) is 11.1. The Morgan fingerprint density at radius 1 is 1.00 bits per heavy atom. The van der Waals surface area contributed by atoms with Crippen LogP contribution in [-0.4, -0.2) is 27.3 Å². The molecule has 0 radical (unpaired) electrons. The average molecular weight is 440 g/mol. The third-order valence-corrected chi connectivity index (χ3v) is 5.34. The van der Waals surface area contributed by atoms with Gasteiger partial charge in [0.05, 0.1) is 17.6 Å². The third-order valence-electron chi connectivity index (χ3n) is 5.34. The number of halogens is 1. The lowest BCUT2D eigenvalue weighted by Crippen LogP contribution is -2.19. The number of amides is 1. The van der Waals surface area contributed by atoms with Crippen LogP contribution in [0.2, 0.25) is 0 Å². The number of rotatable bonds is 6. The summed E-state index contributed by atoms with van der Waals surface area (Å²) in [6, 6.07) is 21.1. The van der Waals surface area contributed by atoms with Crippen molar-refractivity contribution < 1.29 is 13.9 Å². The van der Waals surface area contributed by atoms with Crippen LogP contribution in [0, 0.1) is 5.82 Å². The van der Waals surface area contributed by atoms with Crippen LogP contribution < -0.4 is 10.1 Å². The third kappa shape index (κ3) is 4.13. The Hall–Kier alpha value is -4.26. The quantitative estimate of drug-likeness (QED) is 0.382. The Kier molecular flexibility index (Phi) is 5.44. The van der Waals surface area contributed by atoms with Crippen LogP contribution >= 0.6 is 0 Å². The molecule has 5 rings (SSSR count). The lowest BCUT2D eigenvalue weighted by molar-refractivity contribution is -0.116. The summed E-state index contributed by atoms with van der Waals surface area (Å²) in [5, 5.41) is 9.36. The Morgan fingerprint density at radius 3 is 2.52 bits per heavy atom. The maximum Gasteiger partial charge on any atom is 0.246 e. The van der Waals surface area contributed by atoms with Gasteiger partial charge in [0.1, 0.15) is 23.8 Å². The van der Waals surface area contributed by atoms with Gasteiger partial charge in [0.2, 0.25) is 5.91 Å². The summed E-state index contributed by atoms with van der Waals surface area (Å²) in [6.07, 6.45) is 1.80. The highest BCUT2D eigenvalue weighted by Gasteiger charge is 2.18. The van der Waals surface area contributed by atoms with Crippen LogP contribution in [0.25, 0.3) is 33.1 Å². The number of ether oxygens (including phenoxy) is 1. The predicted octanol–water partition coefficient (Wildman–Crippen LogP) is 5.43. The summed E-state index contributed by atoms with van der Waals surface area (Å²) in [6.45, 7) is 2.53. The molecule has 6 nitrogen and oxygen atoms in total. The van der Waals surface area contributed by atoms with Gasteiger partial charge in [0.15, 0.2) is 0 Å². The number of benzene rings is 3. The number of carbonyl (C=O) groups is 1. The molecule has 0 fully saturated rings. The first kappa shape index (κ1) is 20.6. The zero-order valence-corrected chi connectivity index (χ0v) is 18.0. The van der Waals surface area contributed by atoms with Gasteiger partial charge in [-0.3, -0.25) is 14.5 Å². The summed E-state index contributed by atoms with van der Waals surface area (Å²) in [7, 11) is 0. The molecule has 0 saturated heterocycles. The number of hydrogen-bond acceptors (Lipinski definition) is 4. The molecule has 0 aliphatic heterocycles. The number of pyridine rings is 1. The molecule has 0 aliphatic rings. The molecule has 1 N–H and O–H groups in total. The Balaban J connectivity index is 1.57. The maximum absolute atomic E-state index is 13.2. The summed E-state index contributed by atoms with van der Waals surface area (Å²) in [4.78, 5) is 17.4. The lowest BCUT2D eigenvalue weighted by atomic mass is 10.1. The molecular weight excluding hydrogens is 419 g/mol. The minimum absolute atomic E-state index is 0.00108. The van der Waals surface area contributed by atoms with E-state index in [1.807, 2.05) is 55.5 Å². The fraction of sp³-hybridized carbons (Fsp3) is 0.115. The Bertz CT molecular complexity index is 1440. The monoisotopic (exact) mass is 440 g/mol. The molecule has 0 saturated carbocycles. The van der Waals surface area contributed by atoms with E-state index in [4.69, 9.17) is 9.84 Å². The van der Waals surface area contributed by atoms with Crippen LogP contribution in [0.1, 0.15) is 6.92 Å². The molecule has 2 heterocycles. The van der Waals surface area contributed by atoms with E-state index in [0.717, 1.165) is 38.8 Å². The second-order valence-corrected chi connectivity index (χ2v) is 7.56. The molecular formula is C26H21FN4O2. The van der Waals surface area contributed by atoms with E-state index in [1.165, 1.54) is 24.3 Å². The molecule has 2 aromatic heterocycles. The molecule has 0 aliphatic carbocycles. The standard InChI is InChI=1S/C26H21FN4O2/c1-2-33-20-13-7-17(8-14-20)25-22-15-28-23-6-4-3-5-21(23)26(22)31(30-25)16-24(32)29-19-11-9-18(27)10-12-19/h3-15H,2,16H2,1H3,(H,29,32). The van der Waals surface area contributed by atoms with E-state index in [1.54, 1.807) is 10.9 Å². The summed E-state index contributed by atoms with van der Waals surface area (Å²) in [5.41, 5.74) is 3.82. The van der Waals surface area contributed by atoms with Crippen LogP contribution in [0.4, 0.5) is 10.1 Å². The number of fused-ring (bicyclic) bond motifs is 3. The van der Waals surface area contributed by atoms with Gasteiger partial charge in [-0.25, -0.2) is 4.39 Å². The summed E-state index contributed by atoms with van der Waals surface area (Å²) >= 11 is 0. The fourth-order valence-corrected chi connectivity index (χ4v) is 3.88. The highest BCUT2D eigenvalue weighted by Crippen LogP contribution is 2.32. The summed E-state index contributed by atoms with van der Waals surface area (Å²) in [5.74, 6) is 0.169. The fourth-order valence-electron chi connectivity index (χ4n) is 3.88. The van der Waals surface area contributed by atoms with Crippen molar-refractivity contribution in [2.24, 2.45) is 0 Å². The number of nitrogens with one attached hydrogen (secondary N) is 1.